The number of methoxy groups -OCH3 is 2. The summed E-state index contributed by atoms with van der Waals surface area (Å²) < 4.78 is 14.9. The maximum absolute atomic E-state index is 11.7. The molecule has 0 heterocycles. The molecule has 5 heteroatoms. The van der Waals surface area contributed by atoms with Crippen molar-refractivity contribution < 1.29 is 23.8 Å². The highest BCUT2D eigenvalue weighted by atomic mass is 16.5. The number of rotatable bonds is 6. The van der Waals surface area contributed by atoms with Crippen molar-refractivity contribution in [2.75, 3.05) is 14.2 Å². The van der Waals surface area contributed by atoms with Crippen LogP contribution in [0.1, 0.15) is 11.1 Å². The average Bonchev–Trinajstić information content (AvgIpc) is 2.64. The van der Waals surface area contributed by atoms with Crippen molar-refractivity contribution in [1.29, 1.82) is 0 Å². The molecule has 0 spiro atoms. The molecule has 124 valence electrons. The smallest absolute Gasteiger partial charge is 0.345 e. The van der Waals surface area contributed by atoms with E-state index in [1.54, 1.807) is 24.3 Å². The van der Waals surface area contributed by atoms with E-state index in [2.05, 4.69) is 9.47 Å². The van der Waals surface area contributed by atoms with Gasteiger partial charge in [0.1, 0.15) is 17.9 Å². The molecule has 0 unspecified atom stereocenters. The maximum atomic E-state index is 11.7. The van der Waals surface area contributed by atoms with Gasteiger partial charge in [-0.05, 0) is 29.3 Å². The Morgan fingerprint density at radius 1 is 0.917 bits per heavy atom. The monoisotopic (exact) mass is 326 g/mol. The van der Waals surface area contributed by atoms with Crippen molar-refractivity contribution in [2.24, 2.45) is 0 Å². The van der Waals surface area contributed by atoms with Crippen LogP contribution in [-0.2, 0) is 25.7 Å². The van der Waals surface area contributed by atoms with E-state index in [0.29, 0.717) is 17.9 Å². The number of carbonyl (C=O) groups excluding carboxylic acids is 2. The number of hydrogen-bond acceptors (Lipinski definition) is 5. The standard InChI is InChI=1S/C19H18O5/c1-22-18(20)17(19(21)23-2)12-15-9-6-10-16(11-15)24-13-14-7-4-3-5-8-14/h3-12H,13H2,1-2H3. The molecular weight excluding hydrogens is 308 g/mol. The summed E-state index contributed by atoms with van der Waals surface area (Å²) in [5.41, 5.74) is 1.50. The molecular formula is C19H18O5. The third-order valence-electron chi connectivity index (χ3n) is 3.23. The maximum Gasteiger partial charge on any atom is 0.345 e. The molecule has 24 heavy (non-hydrogen) atoms. The molecule has 0 fully saturated rings. The first kappa shape index (κ1) is 17.3. The van der Waals surface area contributed by atoms with Gasteiger partial charge in [0.2, 0.25) is 0 Å². The fraction of sp³-hybridized carbons (Fsp3) is 0.158. The largest absolute Gasteiger partial charge is 0.489 e. The van der Waals surface area contributed by atoms with Crippen LogP contribution < -0.4 is 4.74 Å². The normalized spacial score (nSPS) is 9.75. The second-order valence-corrected chi connectivity index (χ2v) is 4.89. The predicted octanol–water partition coefficient (Wildman–Crippen LogP) is 3.00. The molecule has 0 radical (unpaired) electrons. The zero-order valence-electron chi connectivity index (χ0n) is 13.5. The number of benzene rings is 2. The van der Waals surface area contributed by atoms with Gasteiger partial charge in [-0.3, -0.25) is 0 Å². The quantitative estimate of drug-likeness (QED) is 0.353. The van der Waals surface area contributed by atoms with Gasteiger partial charge in [0.15, 0.2) is 0 Å². The molecule has 0 N–H and O–H groups in total. The first-order chi connectivity index (χ1) is 11.6. The summed E-state index contributed by atoms with van der Waals surface area (Å²) in [5, 5.41) is 0. The molecule has 5 nitrogen and oxygen atoms in total. The highest BCUT2D eigenvalue weighted by Gasteiger charge is 2.19. The Balaban J connectivity index is 2.17. The lowest BCUT2D eigenvalue weighted by Gasteiger charge is -2.08. The van der Waals surface area contributed by atoms with Gasteiger partial charge >= 0.3 is 11.9 Å². The Morgan fingerprint density at radius 3 is 2.21 bits per heavy atom. The molecule has 0 aliphatic rings. The van der Waals surface area contributed by atoms with Crippen LogP contribution in [0.4, 0.5) is 0 Å². The summed E-state index contributed by atoms with van der Waals surface area (Å²) in [6.45, 7) is 0.425. The summed E-state index contributed by atoms with van der Waals surface area (Å²) in [6, 6.07) is 16.8. The highest BCUT2D eigenvalue weighted by Crippen LogP contribution is 2.18. The molecule has 0 aliphatic heterocycles. The van der Waals surface area contributed by atoms with Crippen LogP contribution >= 0.6 is 0 Å². The minimum Gasteiger partial charge on any atom is -0.489 e. The van der Waals surface area contributed by atoms with Gasteiger partial charge in [0.25, 0.3) is 0 Å². The topological polar surface area (TPSA) is 61.8 Å². The van der Waals surface area contributed by atoms with Gasteiger partial charge in [0, 0.05) is 0 Å². The Kier molecular flexibility index (Phi) is 6.14. The molecule has 0 atom stereocenters. The Bertz CT molecular complexity index is 716. The van der Waals surface area contributed by atoms with E-state index in [1.807, 2.05) is 30.3 Å². The molecule has 2 aromatic carbocycles. The fourth-order valence-corrected chi connectivity index (χ4v) is 2.02. The second-order valence-electron chi connectivity index (χ2n) is 4.89. The van der Waals surface area contributed by atoms with Crippen LogP contribution in [0.15, 0.2) is 60.2 Å². The number of hydrogen-bond donors (Lipinski definition) is 0. The van der Waals surface area contributed by atoms with Gasteiger partial charge in [-0.15, -0.1) is 0 Å². The van der Waals surface area contributed by atoms with Crippen LogP contribution in [0.5, 0.6) is 5.75 Å². The SMILES string of the molecule is COC(=O)C(=Cc1cccc(OCc2ccccc2)c1)C(=O)OC. The van der Waals surface area contributed by atoms with Crippen LogP contribution in [0, 0.1) is 0 Å². The number of esters is 2. The highest BCUT2D eigenvalue weighted by molar-refractivity contribution is 6.17. The van der Waals surface area contributed by atoms with Crippen molar-refractivity contribution in [3.05, 3.63) is 71.3 Å². The minimum atomic E-state index is -0.752. The number of ether oxygens (including phenoxy) is 3. The van der Waals surface area contributed by atoms with Gasteiger partial charge in [0.05, 0.1) is 14.2 Å². The zero-order valence-corrected chi connectivity index (χ0v) is 13.5. The molecule has 0 aromatic heterocycles. The summed E-state index contributed by atoms with van der Waals surface area (Å²) in [4.78, 5) is 23.4. The van der Waals surface area contributed by atoms with Gasteiger partial charge < -0.3 is 14.2 Å². The first-order valence-electron chi connectivity index (χ1n) is 7.29. The van der Waals surface area contributed by atoms with Crippen LogP contribution in [-0.4, -0.2) is 26.2 Å². The van der Waals surface area contributed by atoms with Crippen LogP contribution in [0.2, 0.25) is 0 Å². The Hall–Kier alpha value is -3.08. The van der Waals surface area contributed by atoms with E-state index in [-0.39, 0.29) is 5.57 Å². The van der Waals surface area contributed by atoms with Crippen molar-refractivity contribution in [3.63, 3.8) is 0 Å². The lowest BCUT2D eigenvalue weighted by Crippen LogP contribution is -2.15. The zero-order chi connectivity index (χ0) is 17.4. The predicted molar refractivity (Wildman–Crippen MR) is 89.2 cm³/mol. The van der Waals surface area contributed by atoms with Crippen molar-refractivity contribution >= 4 is 18.0 Å². The van der Waals surface area contributed by atoms with Gasteiger partial charge in [-0.2, -0.15) is 0 Å². The Labute approximate surface area is 140 Å². The summed E-state index contributed by atoms with van der Waals surface area (Å²) in [6.07, 6.45) is 1.41. The molecule has 0 bridgehead atoms. The van der Waals surface area contributed by atoms with E-state index in [9.17, 15) is 9.59 Å². The lowest BCUT2D eigenvalue weighted by molar-refractivity contribution is -0.143. The molecule has 0 aliphatic carbocycles. The number of carbonyl (C=O) groups is 2. The molecule has 0 saturated heterocycles. The average molecular weight is 326 g/mol. The third kappa shape index (κ3) is 4.71. The molecule has 0 saturated carbocycles. The lowest BCUT2D eigenvalue weighted by atomic mass is 10.1. The first-order valence-corrected chi connectivity index (χ1v) is 7.29. The van der Waals surface area contributed by atoms with E-state index in [1.165, 1.54) is 20.3 Å². The van der Waals surface area contributed by atoms with Gasteiger partial charge in [-0.1, -0.05) is 42.5 Å². The summed E-state index contributed by atoms with van der Waals surface area (Å²) >= 11 is 0. The minimum absolute atomic E-state index is 0.180. The molecule has 2 aromatic rings. The second kappa shape index (κ2) is 8.53. The van der Waals surface area contributed by atoms with Crippen LogP contribution in [0.25, 0.3) is 6.08 Å². The van der Waals surface area contributed by atoms with E-state index < -0.39 is 11.9 Å². The summed E-state index contributed by atoms with van der Waals surface area (Å²) in [5.74, 6) is -0.878. The van der Waals surface area contributed by atoms with E-state index >= 15 is 0 Å². The summed E-state index contributed by atoms with van der Waals surface area (Å²) in [7, 11) is 2.41. The molecule has 0 amide bonds. The fourth-order valence-electron chi connectivity index (χ4n) is 2.02. The third-order valence-corrected chi connectivity index (χ3v) is 3.23. The van der Waals surface area contributed by atoms with Crippen molar-refractivity contribution in [3.8, 4) is 5.75 Å². The van der Waals surface area contributed by atoms with Crippen LogP contribution in [0.3, 0.4) is 0 Å². The van der Waals surface area contributed by atoms with E-state index in [0.717, 1.165) is 5.56 Å². The molecule has 2 rings (SSSR count). The van der Waals surface area contributed by atoms with Crippen molar-refractivity contribution in [2.45, 2.75) is 6.61 Å². The van der Waals surface area contributed by atoms with Gasteiger partial charge in [-0.25, -0.2) is 9.59 Å². The Morgan fingerprint density at radius 2 is 1.58 bits per heavy atom. The van der Waals surface area contributed by atoms with Crippen molar-refractivity contribution in [1.82, 2.24) is 0 Å². The van der Waals surface area contributed by atoms with E-state index in [4.69, 9.17) is 4.74 Å².